The Kier molecular flexibility index (Phi) is 7.12. The Morgan fingerprint density at radius 2 is 1.78 bits per heavy atom. The van der Waals surface area contributed by atoms with E-state index in [1.807, 2.05) is 50.2 Å². The molecule has 1 amide bonds. The van der Waals surface area contributed by atoms with Crippen LogP contribution in [0.5, 0.6) is 11.5 Å². The van der Waals surface area contributed by atoms with E-state index in [4.69, 9.17) is 9.47 Å². The number of hydrogen-bond acceptors (Lipinski definition) is 4. The van der Waals surface area contributed by atoms with Gasteiger partial charge in [-0.1, -0.05) is 30.3 Å². The average molecular weight is 449 g/mol. The molecule has 0 saturated carbocycles. The standard InChI is InChI=1S/C26H28N2O3S/c1-3-30-23-12-11-19(16-24(23)31-4-2)13-14-27-26(29)18-28-21-9-6-5-8-20(21)17-22(28)25-10-7-15-32-25/h5-12,15-17H,3-4,13-14,18H2,1-2H3,(H,27,29). The predicted molar refractivity (Wildman–Crippen MR) is 131 cm³/mol. The number of amides is 1. The molecule has 0 atom stereocenters. The number of nitrogens with zero attached hydrogens (tertiary/aromatic N) is 1. The van der Waals surface area contributed by atoms with Crippen molar-refractivity contribution in [1.29, 1.82) is 0 Å². The van der Waals surface area contributed by atoms with Gasteiger partial charge in [0, 0.05) is 17.4 Å². The van der Waals surface area contributed by atoms with Crippen LogP contribution in [-0.2, 0) is 17.8 Å². The molecule has 0 aliphatic rings. The van der Waals surface area contributed by atoms with Gasteiger partial charge in [0.15, 0.2) is 11.5 Å². The molecule has 0 saturated heterocycles. The van der Waals surface area contributed by atoms with E-state index in [0.717, 1.165) is 45.0 Å². The zero-order valence-electron chi connectivity index (χ0n) is 18.5. The summed E-state index contributed by atoms with van der Waals surface area (Å²) in [5.41, 5.74) is 3.24. The van der Waals surface area contributed by atoms with Gasteiger partial charge in [0.2, 0.25) is 5.91 Å². The van der Waals surface area contributed by atoms with Gasteiger partial charge in [-0.05, 0) is 61.5 Å². The van der Waals surface area contributed by atoms with E-state index < -0.39 is 0 Å². The number of para-hydroxylation sites is 1. The number of ether oxygens (including phenoxy) is 2. The lowest BCUT2D eigenvalue weighted by molar-refractivity contribution is -0.121. The van der Waals surface area contributed by atoms with Crippen molar-refractivity contribution >= 4 is 28.1 Å². The third-order valence-electron chi connectivity index (χ3n) is 5.23. The SMILES string of the molecule is CCOc1ccc(CCNC(=O)Cn2c(-c3cccs3)cc3ccccc32)cc1OCC. The van der Waals surface area contributed by atoms with Crippen molar-refractivity contribution in [2.75, 3.05) is 19.8 Å². The fourth-order valence-electron chi connectivity index (χ4n) is 3.81. The summed E-state index contributed by atoms with van der Waals surface area (Å²) >= 11 is 1.68. The maximum atomic E-state index is 12.8. The topological polar surface area (TPSA) is 52.5 Å². The highest BCUT2D eigenvalue weighted by Gasteiger charge is 2.14. The number of hydrogen-bond donors (Lipinski definition) is 1. The lowest BCUT2D eigenvalue weighted by Gasteiger charge is -2.13. The highest BCUT2D eigenvalue weighted by molar-refractivity contribution is 7.13. The van der Waals surface area contributed by atoms with Crippen molar-refractivity contribution in [2.24, 2.45) is 0 Å². The molecular weight excluding hydrogens is 420 g/mol. The average Bonchev–Trinajstić information content (AvgIpc) is 3.44. The van der Waals surface area contributed by atoms with E-state index in [1.165, 1.54) is 0 Å². The van der Waals surface area contributed by atoms with Crippen LogP contribution in [0.3, 0.4) is 0 Å². The van der Waals surface area contributed by atoms with Gasteiger partial charge in [0.1, 0.15) is 6.54 Å². The fourth-order valence-corrected chi connectivity index (χ4v) is 4.56. The van der Waals surface area contributed by atoms with Crippen LogP contribution in [0, 0.1) is 0 Å². The van der Waals surface area contributed by atoms with E-state index in [9.17, 15) is 4.79 Å². The van der Waals surface area contributed by atoms with Gasteiger partial charge in [-0.3, -0.25) is 4.79 Å². The highest BCUT2D eigenvalue weighted by Crippen LogP contribution is 2.31. The largest absolute Gasteiger partial charge is 0.490 e. The van der Waals surface area contributed by atoms with Crippen molar-refractivity contribution < 1.29 is 14.3 Å². The molecule has 4 aromatic rings. The molecule has 0 fully saturated rings. The molecule has 4 rings (SSSR count). The first-order valence-corrected chi connectivity index (χ1v) is 11.8. The molecule has 0 bridgehead atoms. The summed E-state index contributed by atoms with van der Waals surface area (Å²) in [4.78, 5) is 14.0. The summed E-state index contributed by atoms with van der Waals surface area (Å²) in [5, 5.41) is 6.27. The molecule has 0 aliphatic heterocycles. The second-order valence-corrected chi connectivity index (χ2v) is 8.35. The van der Waals surface area contributed by atoms with Crippen LogP contribution in [0.2, 0.25) is 0 Å². The molecule has 6 heteroatoms. The first-order valence-electron chi connectivity index (χ1n) is 11.0. The van der Waals surface area contributed by atoms with Gasteiger partial charge in [-0.2, -0.15) is 0 Å². The van der Waals surface area contributed by atoms with Crippen LogP contribution < -0.4 is 14.8 Å². The molecule has 166 valence electrons. The minimum Gasteiger partial charge on any atom is -0.490 e. The van der Waals surface area contributed by atoms with E-state index in [1.54, 1.807) is 11.3 Å². The quantitative estimate of drug-likeness (QED) is 0.347. The summed E-state index contributed by atoms with van der Waals surface area (Å²) in [7, 11) is 0. The van der Waals surface area contributed by atoms with Crippen LogP contribution >= 0.6 is 11.3 Å². The monoisotopic (exact) mass is 448 g/mol. The number of benzene rings is 2. The van der Waals surface area contributed by atoms with Gasteiger partial charge in [0.25, 0.3) is 0 Å². The van der Waals surface area contributed by atoms with Crippen LogP contribution in [0.15, 0.2) is 66.0 Å². The molecule has 0 aliphatic carbocycles. The summed E-state index contributed by atoms with van der Waals surface area (Å²) < 4.78 is 13.4. The maximum Gasteiger partial charge on any atom is 0.239 e. The van der Waals surface area contributed by atoms with Crippen LogP contribution in [0.4, 0.5) is 0 Å². The van der Waals surface area contributed by atoms with Crippen molar-refractivity contribution in [3.8, 4) is 22.1 Å². The van der Waals surface area contributed by atoms with E-state index >= 15 is 0 Å². The minimum absolute atomic E-state index is 0.000118. The number of nitrogens with one attached hydrogen (secondary N) is 1. The maximum absolute atomic E-state index is 12.8. The molecule has 32 heavy (non-hydrogen) atoms. The Balaban J connectivity index is 1.42. The number of carbonyl (C=O) groups excluding carboxylic acids is 1. The summed E-state index contributed by atoms with van der Waals surface area (Å²) in [6.07, 6.45) is 0.725. The first-order chi connectivity index (χ1) is 15.7. The van der Waals surface area contributed by atoms with Crippen molar-refractivity contribution in [3.05, 3.63) is 71.6 Å². The van der Waals surface area contributed by atoms with Crippen molar-refractivity contribution in [2.45, 2.75) is 26.8 Å². The smallest absolute Gasteiger partial charge is 0.239 e. The Labute approximate surface area is 192 Å². The summed E-state index contributed by atoms with van der Waals surface area (Å²) in [6, 6.07) is 20.4. The molecule has 0 unspecified atom stereocenters. The number of carbonyl (C=O) groups is 1. The number of thiophene rings is 1. The first kappa shape index (κ1) is 22.0. The number of aromatic nitrogens is 1. The molecule has 2 heterocycles. The normalized spacial score (nSPS) is 10.9. The Bertz CT molecular complexity index is 1180. The summed E-state index contributed by atoms with van der Waals surface area (Å²) in [6.45, 7) is 5.93. The molecule has 0 radical (unpaired) electrons. The lowest BCUT2D eigenvalue weighted by Crippen LogP contribution is -2.29. The lowest BCUT2D eigenvalue weighted by atomic mass is 10.1. The second kappa shape index (κ2) is 10.4. The van der Waals surface area contributed by atoms with E-state index in [0.29, 0.717) is 19.8 Å². The number of fused-ring (bicyclic) bond motifs is 1. The Morgan fingerprint density at radius 1 is 0.969 bits per heavy atom. The highest BCUT2D eigenvalue weighted by atomic mass is 32.1. The minimum atomic E-state index is 0.000118. The Morgan fingerprint density at radius 3 is 2.56 bits per heavy atom. The Hall–Kier alpha value is -3.25. The number of rotatable bonds is 10. The van der Waals surface area contributed by atoms with Gasteiger partial charge in [-0.15, -0.1) is 11.3 Å². The molecular formula is C26H28N2O3S. The van der Waals surface area contributed by atoms with Gasteiger partial charge < -0.3 is 19.4 Å². The molecule has 2 aromatic heterocycles. The second-order valence-electron chi connectivity index (χ2n) is 7.40. The van der Waals surface area contributed by atoms with E-state index in [2.05, 4.69) is 39.5 Å². The van der Waals surface area contributed by atoms with E-state index in [-0.39, 0.29) is 12.5 Å². The third kappa shape index (κ3) is 4.97. The van der Waals surface area contributed by atoms with Gasteiger partial charge in [-0.25, -0.2) is 0 Å². The molecule has 1 N–H and O–H groups in total. The van der Waals surface area contributed by atoms with Crippen LogP contribution in [0.1, 0.15) is 19.4 Å². The fraction of sp³-hybridized carbons (Fsp3) is 0.269. The summed E-state index contributed by atoms with van der Waals surface area (Å²) in [5.74, 6) is 1.50. The zero-order chi connectivity index (χ0) is 22.3. The third-order valence-corrected chi connectivity index (χ3v) is 6.12. The van der Waals surface area contributed by atoms with Crippen LogP contribution in [-0.4, -0.2) is 30.2 Å². The molecule has 5 nitrogen and oxygen atoms in total. The van der Waals surface area contributed by atoms with Gasteiger partial charge in [0.05, 0.1) is 23.8 Å². The van der Waals surface area contributed by atoms with Crippen molar-refractivity contribution in [1.82, 2.24) is 9.88 Å². The van der Waals surface area contributed by atoms with Crippen LogP contribution in [0.25, 0.3) is 21.5 Å². The zero-order valence-corrected chi connectivity index (χ0v) is 19.3. The van der Waals surface area contributed by atoms with Crippen molar-refractivity contribution in [3.63, 3.8) is 0 Å². The molecule has 0 spiro atoms. The predicted octanol–water partition coefficient (Wildman–Crippen LogP) is 5.53. The van der Waals surface area contributed by atoms with Gasteiger partial charge >= 0.3 is 0 Å². The molecule has 2 aromatic carbocycles.